The van der Waals surface area contributed by atoms with Crippen LogP contribution in [0.1, 0.15) is 18.7 Å². The van der Waals surface area contributed by atoms with Crippen LogP contribution in [-0.2, 0) is 0 Å². The molecule has 0 amide bonds. The molecule has 0 unspecified atom stereocenters. The number of anilines is 1. The standard InChI is InChI=1S/C9H11N5O4/c1-2(15)5(16)3-7(17)12-6-4(11-3)8(18)14-9(10)13-6/h2,5,15-16H,1H3,(H4,10,12,13,14,17,18)/t2-,5-/m0/s1. The number of aromatic amines is 2. The maximum atomic E-state index is 11.6. The molecular weight excluding hydrogens is 242 g/mol. The van der Waals surface area contributed by atoms with Gasteiger partial charge in [0.2, 0.25) is 5.95 Å². The van der Waals surface area contributed by atoms with Crippen LogP contribution in [-0.4, -0.2) is 36.3 Å². The van der Waals surface area contributed by atoms with E-state index < -0.39 is 23.3 Å². The second-order valence-corrected chi connectivity index (χ2v) is 3.78. The Kier molecular flexibility index (Phi) is 2.85. The van der Waals surface area contributed by atoms with E-state index in [0.29, 0.717) is 0 Å². The molecule has 18 heavy (non-hydrogen) atoms. The predicted molar refractivity (Wildman–Crippen MR) is 61.8 cm³/mol. The first kappa shape index (κ1) is 12.2. The molecule has 0 saturated heterocycles. The molecule has 9 heteroatoms. The number of fused-ring (bicyclic) bond motifs is 1. The summed E-state index contributed by atoms with van der Waals surface area (Å²) < 4.78 is 0. The van der Waals surface area contributed by atoms with Crippen LogP contribution < -0.4 is 16.9 Å². The number of aliphatic hydroxyl groups is 2. The summed E-state index contributed by atoms with van der Waals surface area (Å²) in [6.07, 6.45) is -2.69. The van der Waals surface area contributed by atoms with Crippen LogP contribution in [0.4, 0.5) is 5.95 Å². The molecule has 96 valence electrons. The van der Waals surface area contributed by atoms with E-state index in [1.165, 1.54) is 6.92 Å². The van der Waals surface area contributed by atoms with Crippen LogP contribution in [0, 0.1) is 0 Å². The molecule has 0 fully saturated rings. The molecule has 0 radical (unpaired) electrons. The van der Waals surface area contributed by atoms with Gasteiger partial charge in [0.1, 0.15) is 11.8 Å². The summed E-state index contributed by atoms with van der Waals surface area (Å²) >= 11 is 0. The number of aromatic nitrogens is 4. The maximum absolute atomic E-state index is 11.6. The van der Waals surface area contributed by atoms with Gasteiger partial charge in [0, 0.05) is 0 Å². The number of aliphatic hydroxyl groups excluding tert-OH is 2. The van der Waals surface area contributed by atoms with Crippen molar-refractivity contribution < 1.29 is 10.2 Å². The molecule has 6 N–H and O–H groups in total. The highest BCUT2D eigenvalue weighted by atomic mass is 16.3. The molecular formula is C9H11N5O4. The van der Waals surface area contributed by atoms with E-state index in [0.717, 1.165) is 0 Å². The lowest BCUT2D eigenvalue weighted by molar-refractivity contribution is 0.0271. The lowest BCUT2D eigenvalue weighted by Gasteiger charge is -2.11. The SMILES string of the molecule is C[C@H](O)[C@H](O)c1nc2c(=O)[nH]c(N)nc2[nH]c1=O. The summed E-state index contributed by atoms with van der Waals surface area (Å²) in [6, 6.07) is 0. The molecule has 9 nitrogen and oxygen atoms in total. The van der Waals surface area contributed by atoms with Gasteiger partial charge < -0.3 is 20.9 Å². The largest absolute Gasteiger partial charge is 0.390 e. The first-order chi connectivity index (χ1) is 8.40. The monoisotopic (exact) mass is 253 g/mol. The molecule has 0 aliphatic rings. The van der Waals surface area contributed by atoms with Crippen molar-refractivity contribution in [3.05, 3.63) is 26.4 Å². The third-order valence-corrected chi connectivity index (χ3v) is 2.35. The lowest BCUT2D eigenvalue weighted by Crippen LogP contribution is -2.27. The van der Waals surface area contributed by atoms with Crippen LogP contribution in [0.25, 0.3) is 11.2 Å². The van der Waals surface area contributed by atoms with E-state index in [1.54, 1.807) is 0 Å². The zero-order valence-corrected chi connectivity index (χ0v) is 9.34. The van der Waals surface area contributed by atoms with E-state index >= 15 is 0 Å². The molecule has 2 rings (SSSR count). The molecule has 2 aromatic heterocycles. The van der Waals surface area contributed by atoms with Crippen LogP contribution in [0.15, 0.2) is 9.59 Å². The van der Waals surface area contributed by atoms with Gasteiger partial charge in [-0.1, -0.05) is 0 Å². The molecule has 2 aromatic rings. The Morgan fingerprint density at radius 3 is 2.44 bits per heavy atom. The summed E-state index contributed by atoms with van der Waals surface area (Å²) in [7, 11) is 0. The van der Waals surface area contributed by atoms with Crippen LogP contribution in [0.2, 0.25) is 0 Å². The molecule has 2 heterocycles. The van der Waals surface area contributed by atoms with Crippen molar-refractivity contribution in [3.8, 4) is 0 Å². The average Bonchev–Trinajstić information content (AvgIpc) is 2.26. The highest BCUT2D eigenvalue weighted by Gasteiger charge is 2.20. The number of nitrogens with zero attached hydrogens (tertiary/aromatic N) is 2. The molecule has 0 bridgehead atoms. The summed E-state index contributed by atoms with van der Waals surface area (Å²) in [5.74, 6) is -0.159. The van der Waals surface area contributed by atoms with Crippen molar-refractivity contribution in [1.29, 1.82) is 0 Å². The second-order valence-electron chi connectivity index (χ2n) is 3.78. The number of H-pyrrole nitrogens is 2. The second kappa shape index (κ2) is 4.20. The molecule has 0 spiro atoms. The fourth-order valence-electron chi connectivity index (χ4n) is 1.45. The molecule has 0 saturated carbocycles. The Balaban J connectivity index is 2.77. The summed E-state index contributed by atoms with van der Waals surface area (Å²) in [5.41, 5.74) is 3.33. The first-order valence-corrected chi connectivity index (χ1v) is 5.06. The third kappa shape index (κ3) is 1.96. The van der Waals surface area contributed by atoms with Crippen molar-refractivity contribution in [1.82, 2.24) is 19.9 Å². The van der Waals surface area contributed by atoms with Gasteiger partial charge >= 0.3 is 0 Å². The number of nitrogen functional groups attached to an aromatic ring is 1. The van der Waals surface area contributed by atoms with E-state index in [2.05, 4.69) is 19.9 Å². The van der Waals surface area contributed by atoms with Crippen molar-refractivity contribution in [2.45, 2.75) is 19.1 Å². The number of hydrogen-bond donors (Lipinski definition) is 5. The van der Waals surface area contributed by atoms with Gasteiger partial charge in [-0.3, -0.25) is 14.6 Å². The van der Waals surface area contributed by atoms with E-state index in [9.17, 15) is 19.8 Å². The average molecular weight is 253 g/mol. The van der Waals surface area contributed by atoms with Crippen molar-refractivity contribution in [2.24, 2.45) is 0 Å². The zero-order chi connectivity index (χ0) is 13.4. The van der Waals surface area contributed by atoms with Gasteiger partial charge in [-0.2, -0.15) is 4.98 Å². The van der Waals surface area contributed by atoms with Crippen molar-refractivity contribution in [3.63, 3.8) is 0 Å². The fraction of sp³-hybridized carbons (Fsp3) is 0.333. The van der Waals surface area contributed by atoms with Crippen LogP contribution in [0.5, 0.6) is 0 Å². The smallest absolute Gasteiger partial charge is 0.280 e. The molecule has 2 atom stereocenters. The minimum absolute atomic E-state index is 0.0807. The Morgan fingerprint density at radius 2 is 1.83 bits per heavy atom. The van der Waals surface area contributed by atoms with Gasteiger partial charge in [0.25, 0.3) is 11.1 Å². The van der Waals surface area contributed by atoms with Crippen LogP contribution >= 0.6 is 0 Å². The summed E-state index contributed by atoms with van der Waals surface area (Å²) in [6.45, 7) is 1.29. The number of nitrogens with one attached hydrogen (secondary N) is 2. The van der Waals surface area contributed by atoms with Gasteiger partial charge in [0.15, 0.2) is 11.2 Å². The van der Waals surface area contributed by atoms with E-state index in [4.69, 9.17) is 5.73 Å². The minimum Gasteiger partial charge on any atom is -0.390 e. The number of rotatable bonds is 2. The van der Waals surface area contributed by atoms with Crippen molar-refractivity contribution in [2.75, 3.05) is 5.73 Å². The van der Waals surface area contributed by atoms with E-state index in [1.807, 2.05) is 0 Å². The van der Waals surface area contributed by atoms with Gasteiger partial charge in [0.05, 0.1) is 6.10 Å². The third-order valence-electron chi connectivity index (χ3n) is 2.35. The Hall–Kier alpha value is -2.26. The van der Waals surface area contributed by atoms with Crippen molar-refractivity contribution >= 4 is 17.1 Å². The molecule has 0 aliphatic carbocycles. The van der Waals surface area contributed by atoms with Gasteiger partial charge in [-0.05, 0) is 6.92 Å². The van der Waals surface area contributed by atoms with Gasteiger partial charge in [-0.25, -0.2) is 4.98 Å². The predicted octanol–water partition coefficient (Wildman–Crippen LogP) is -2.00. The van der Waals surface area contributed by atoms with Crippen LogP contribution in [0.3, 0.4) is 0 Å². The minimum atomic E-state index is -1.49. The lowest BCUT2D eigenvalue weighted by atomic mass is 10.1. The normalized spacial score (nSPS) is 14.6. The summed E-state index contributed by atoms with van der Waals surface area (Å²) in [5, 5.41) is 18.8. The highest BCUT2D eigenvalue weighted by molar-refractivity contribution is 5.69. The zero-order valence-electron chi connectivity index (χ0n) is 9.34. The molecule has 0 aromatic carbocycles. The Morgan fingerprint density at radius 1 is 1.17 bits per heavy atom. The number of hydrogen-bond acceptors (Lipinski definition) is 7. The number of nitrogens with two attached hydrogens (primary N) is 1. The molecule has 0 aliphatic heterocycles. The Bertz CT molecular complexity index is 704. The summed E-state index contributed by atoms with van der Waals surface area (Å²) in [4.78, 5) is 35.1. The first-order valence-electron chi connectivity index (χ1n) is 5.06. The Labute approximate surface area is 99.3 Å². The fourth-order valence-corrected chi connectivity index (χ4v) is 1.45. The maximum Gasteiger partial charge on any atom is 0.280 e. The van der Waals surface area contributed by atoms with Gasteiger partial charge in [-0.15, -0.1) is 0 Å². The topological polar surface area (TPSA) is 158 Å². The van der Waals surface area contributed by atoms with E-state index in [-0.39, 0.29) is 22.8 Å². The highest BCUT2D eigenvalue weighted by Crippen LogP contribution is 2.11. The quantitative estimate of drug-likeness (QED) is 0.414.